The fraction of sp³-hybridized carbons (Fsp3) is 0.0526. The zero-order valence-corrected chi connectivity index (χ0v) is 12.8. The Bertz CT molecular complexity index is 745. The average Bonchev–Trinajstić information content (AvgIpc) is 2.87. The van der Waals surface area contributed by atoms with Crippen LogP contribution in [0.3, 0.4) is 0 Å². The summed E-state index contributed by atoms with van der Waals surface area (Å²) < 4.78 is 0. The molecule has 0 radical (unpaired) electrons. The highest BCUT2D eigenvalue weighted by atomic mass is 79.9. The van der Waals surface area contributed by atoms with Crippen molar-refractivity contribution >= 4 is 17.0 Å². The lowest BCUT2D eigenvalue weighted by Gasteiger charge is -2.08. The van der Waals surface area contributed by atoms with Crippen molar-refractivity contribution in [2.24, 2.45) is 0 Å². The van der Waals surface area contributed by atoms with Crippen molar-refractivity contribution in [3.63, 3.8) is 0 Å². The molecule has 0 fully saturated rings. The van der Waals surface area contributed by atoms with Gasteiger partial charge in [0.15, 0.2) is 0 Å². The molecule has 1 aliphatic carbocycles. The topological polar surface area (TPSA) is 0 Å². The Morgan fingerprint density at radius 3 is 2.05 bits per heavy atom. The van der Waals surface area contributed by atoms with E-state index in [-0.39, 0.29) is 17.0 Å². The maximum Gasteiger partial charge on any atom is -0.000729 e. The van der Waals surface area contributed by atoms with Gasteiger partial charge in [0, 0.05) is 0 Å². The normalized spacial score (nSPS) is 11.4. The lowest BCUT2D eigenvalue weighted by Crippen LogP contribution is -1.87. The zero-order valence-electron chi connectivity index (χ0n) is 11.0. The molecule has 0 spiro atoms. The Balaban J connectivity index is 0.00000121. The van der Waals surface area contributed by atoms with Crippen LogP contribution in [0.5, 0.6) is 0 Å². The Morgan fingerprint density at radius 2 is 1.20 bits per heavy atom. The molecule has 0 amide bonds. The van der Waals surface area contributed by atoms with Crippen LogP contribution >= 0.6 is 17.0 Å². The molecule has 0 nitrogen and oxygen atoms in total. The first-order valence-corrected chi connectivity index (χ1v) is 6.69. The first-order chi connectivity index (χ1) is 9.43. The molecule has 20 heavy (non-hydrogen) atoms. The maximum atomic E-state index is 2.24. The molecule has 1 heteroatoms. The van der Waals surface area contributed by atoms with Gasteiger partial charge in [0.25, 0.3) is 0 Å². The SMILES string of the molecule is Br.c1ccc(-c2cccc3c2Cc2ccccc2-3)cc1. The Hall–Kier alpha value is -1.86. The summed E-state index contributed by atoms with van der Waals surface area (Å²) >= 11 is 0. The highest BCUT2D eigenvalue weighted by molar-refractivity contribution is 8.93. The minimum atomic E-state index is 0. The summed E-state index contributed by atoms with van der Waals surface area (Å²) in [7, 11) is 0. The summed E-state index contributed by atoms with van der Waals surface area (Å²) in [5.41, 5.74) is 8.39. The molecule has 0 aliphatic heterocycles. The van der Waals surface area contributed by atoms with E-state index in [0.717, 1.165) is 6.42 Å². The monoisotopic (exact) mass is 322 g/mol. The van der Waals surface area contributed by atoms with Crippen molar-refractivity contribution < 1.29 is 0 Å². The number of hydrogen-bond donors (Lipinski definition) is 0. The molecule has 3 aromatic carbocycles. The van der Waals surface area contributed by atoms with Gasteiger partial charge < -0.3 is 0 Å². The maximum absolute atomic E-state index is 2.24. The van der Waals surface area contributed by atoms with Crippen molar-refractivity contribution in [2.45, 2.75) is 6.42 Å². The minimum absolute atomic E-state index is 0. The third-order valence-corrected chi connectivity index (χ3v) is 3.94. The zero-order chi connectivity index (χ0) is 12.7. The van der Waals surface area contributed by atoms with Gasteiger partial charge in [-0.2, -0.15) is 0 Å². The van der Waals surface area contributed by atoms with Gasteiger partial charge in [-0.1, -0.05) is 72.8 Å². The van der Waals surface area contributed by atoms with Gasteiger partial charge in [-0.15, -0.1) is 17.0 Å². The summed E-state index contributed by atoms with van der Waals surface area (Å²) in [6, 6.07) is 26.1. The van der Waals surface area contributed by atoms with Crippen LogP contribution in [0.25, 0.3) is 22.3 Å². The van der Waals surface area contributed by atoms with E-state index in [2.05, 4.69) is 72.8 Å². The summed E-state index contributed by atoms with van der Waals surface area (Å²) in [6.07, 6.45) is 1.05. The third kappa shape index (κ3) is 1.99. The van der Waals surface area contributed by atoms with Gasteiger partial charge in [0.1, 0.15) is 0 Å². The van der Waals surface area contributed by atoms with Gasteiger partial charge in [-0.05, 0) is 39.8 Å². The predicted molar refractivity (Wildman–Crippen MR) is 90.4 cm³/mol. The number of halogens is 1. The van der Waals surface area contributed by atoms with E-state index in [1.54, 1.807) is 0 Å². The Kier molecular flexibility index (Phi) is 3.45. The Morgan fingerprint density at radius 1 is 0.550 bits per heavy atom. The molecular formula is C19H15Br. The second kappa shape index (κ2) is 5.26. The highest BCUT2D eigenvalue weighted by Gasteiger charge is 2.20. The Labute approximate surface area is 129 Å². The molecule has 98 valence electrons. The van der Waals surface area contributed by atoms with Crippen LogP contribution in [0.2, 0.25) is 0 Å². The minimum Gasteiger partial charge on any atom is -0.114 e. The predicted octanol–water partition coefficient (Wildman–Crippen LogP) is 5.50. The molecule has 0 N–H and O–H groups in total. The molecule has 0 unspecified atom stereocenters. The smallest absolute Gasteiger partial charge is 0.000729 e. The van der Waals surface area contributed by atoms with E-state index >= 15 is 0 Å². The molecule has 0 heterocycles. The average molecular weight is 323 g/mol. The quantitative estimate of drug-likeness (QED) is 0.434. The van der Waals surface area contributed by atoms with Crippen molar-refractivity contribution in [1.82, 2.24) is 0 Å². The van der Waals surface area contributed by atoms with Crippen LogP contribution < -0.4 is 0 Å². The fourth-order valence-corrected chi connectivity index (χ4v) is 3.05. The molecule has 3 aromatic rings. The van der Waals surface area contributed by atoms with Crippen LogP contribution in [0.4, 0.5) is 0 Å². The van der Waals surface area contributed by atoms with Crippen molar-refractivity contribution in [3.05, 3.63) is 83.9 Å². The molecule has 0 bridgehead atoms. The van der Waals surface area contributed by atoms with Gasteiger partial charge in [-0.3, -0.25) is 0 Å². The van der Waals surface area contributed by atoms with Gasteiger partial charge in [0.05, 0.1) is 0 Å². The first kappa shape index (κ1) is 13.1. The fourth-order valence-electron chi connectivity index (χ4n) is 3.05. The van der Waals surface area contributed by atoms with Crippen LogP contribution in [0.1, 0.15) is 11.1 Å². The van der Waals surface area contributed by atoms with Gasteiger partial charge in [-0.25, -0.2) is 0 Å². The van der Waals surface area contributed by atoms with Crippen LogP contribution in [-0.4, -0.2) is 0 Å². The second-order valence-electron chi connectivity index (χ2n) is 5.03. The van der Waals surface area contributed by atoms with E-state index in [1.807, 2.05) is 0 Å². The van der Waals surface area contributed by atoms with E-state index in [1.165, 1.54) is 33.4 Å². The van der Waals surface area contributed by atoms with Crippen molar-refractivity contribution in [3.8, 4) is 22.3 Å². The standard InChI is InChI=1S/C19H14.BrH/c1-2-7-14(8-3-1)16-11-6-12-18-17-10-5-4-9-15(17)13-19(16)18;/h1-12H,13H2;1H. The first-order valence-electron chi connectivity index (χ1n) is 6.69. The van der Waals surface area contributed by atoms with E-state index < -0.39 is 0 Å². The number of hydrogen-bond acceptors (Lipinski definition) is 0. The van der Waals surface area contributed by atoms with E-state index in [9.17, 15) is 0 Å². The van der Waals surface area contributed by atoms with Crippen molar-refractivity contribution in [2.75, 3.05) is 0 Å². The summed E-state index contributed by atoms with van der Waals surface area (Å²) in [5, 5.41) is 0. The molecular weight excluding hydrogens is 308 g/mol. The molecule has 1 aliphatic rings. The second-order valence-corrected chi connectivity index (χ2v) is 5.03. The van der Waals surface area contributed by atoms with Crippen LogP contribution in [-0.2, 0) is 6.42 Å². The number of benzene rings is 3. The molecule has 0 atom stereocenters. The molecule has 0 saturated carbocycles. The highest BCUT2D eigenvalue weighted by Crippen LogP contribution is 2.41. The van der Waals surface area contributed by atoms with Crippen molar-refractivity contribution in [1.29, 1.82) is 0 Å². The van der Waals surface area contributed by atoms with E-state index in [0.29, 0.717) is 0 Å². The van der Waals surface area contributed by atoms with Crippen LogP contribution in [0.15, 0.2) is 72.8 Å². The van der Waals surface area contributed by atoms with Gasteiger partial charge in [0.2, 0.25) is 0 Å². The number of rotatable bonds is 1. The summed E-state index contributed by atoms with van der Waals surface area (Å²) in [6.45, 7) is 0. The van der Waals surface area contributed by atoms with Crippen LogP contribution in [0, 0.1) is 0 Å². The molecule has 4 rings (SSSR count). The number of fused-ring (bicyclic) bond motifs is 3. The largest absolute Gasteiger partial charge is 0.114 e. The van der Waals surface area contributed by atoms with E-state index in [4.69, 9.17) is 0 Å². The molecule has 0 aromatic heterocycles. The third-order valence-electron chi connectivity index (χ3n) is 3.94. The summed E-state index contributed by atoms with van der Waals surface area (Å²) in [5.74, 6) is 0. The molecule has 0 saturated heterocycles. The summed E-state index contributed by atoms with van der Waals surface area (Å²) in [4.78, 5) is 0. The van der Waals surface area contributed by atoms with Gasteiger partial charge >= 0.3 is 0 Å². The lowest BCUT2D eigenvalue weighted by molar-refractivity contribution is 1.26. The lowest BCUT2D eigenvalue weighted by atomic mass is 9.96.